The maximum Gasteiger partial charge on any atom is 0.338 e. The summed E-state index contributed by atoms with van der Waals surface area (Å²) in [6.07, 6.45) is 0.355. The molecule has 0 amide bonds. The number of hydrogen-bond acceptors (Lipinski definition) is 5. The van der Waals surface area contributed by atoms with Crippen molar-refractivity contribution < 1.29 is 19.8 Å². The first-order valence-electron chi connectivity index (χ1n) is 5.21. The van der Waals surface area contributed by atoms with Crippen LogP contribution in [0.4, 0.5) is 0 Å². The van der Waals surface area contributed by atoms with Crippen molar-refractivity contribution in [2.45, 2.75) is 18.5 Å². The van der Waals surface area contributed by atoms with E-state index in [-0.39, 0.29) is 18.9 Å². The SMILES string of the molecule is CN(CC(=O)O)[C@](N)(CCCN=C(N)N)C(=O)O. The largest absolute Gasteiger partial charge is 0.480 e. The highest BCUT2D eigenvalue weighted by Crippen LogP contribution is 2.14. The number of rotatable bonds is 8. The van der Waals surface area contributed by atoms with Gasteiger partial charge in [0.05, 0.1) is 6.54 Å². The Hall–Kier alpha value is -1.87. The second-order valence-electron chi connectivity index (χ2n) is 3.89. The fourth-order valence-corrected chi connectivity index (χ4v) is 1.36. The first kappa shape index (κ1) is 16.1. The van der Waals surface area contributed by atoms with Gasteiger partial charge in [-0.3, -0.25) is 14.7 Å². The summed E-state index contributed by atoms with van der Waals surface area (Å²) >= 11 is 0. The van der Waals surface area contributed by atoms with Crippen LogP contribution < -0.4 is 17.2 Å². The van der Waals surface area contributed by atoms with Gasteiger partial charge in [-0.2, -0.15) is 0 Å². The van der Waals surface area contributed by atoms with E-state index in [1.54, 1.807) is 0 Å². The van der Waals surface area contributed by atoms with Crippen molar-refractivity contribution in [3.05, 3.63) is 0 Å². The lowest BCUT2D eigenvalue weighted by molar-refractivity contribution is -0.153. The van der Waals surface area contributed by atoms with Crippen LogP contribution >= 0.6 is 0 Å². The average molecular weight is 261 g/mol. The summed E-state index contributed by atoms with van der Waals surface area (Å²) in [5.41, 5.74) is 14.2. The molecule has 0 spiro atoms. The molecular weight excluding hydrogens is 242 g/mol. The molecule has 0 rings (SSSR count). The minimum atomic E-state index is -1.75. The lowest BCUT2D eigenvalue weighted by Crippen LogP contribution is -2.61. The zero-order valence-corrected chi connectivity index (χ0v) is 10.2. The summed E-state index contributed by atoms with van der Waals surface area (Å²) in [6, 6.07) is 0. The topological polar surface area (TPSA) is 168 Å². The Morgan fingerprint density at radius 2 is 1.89 bits per heavy atom. The fourth-order valence-electron chi connectivity index (χ4n) is 1.36. The second-order valence-corrected chi connectivity index (χ2v) is 3.89. The van der Waals surface area contributed by atoms with Crippen LogP contribution in [0, 0.1) is 0 Å². The zero-order valence-electron chi connectivity index (χ0n) is 10.2. The van der Waals surface area contributed by atoms with Crippen molar-refractivity contribution in [1.29, 1.82) is 0 Å². The summed E-state index contributed by atoms with van der Waals surface area (Å²) < 4.78 is 0. The maximum atomic E-state index is 11.1. The van der Waals surface area contributed by atoms with Crippen LogP contribution in [0.3, 0.4) is 0 Å². The zero-order chi connectivity index (χ0) is 14.3. The van der Waals surface area contributed by atoms with Gasteiger partial charge in [-0.1, -0.05) is 0 Å². The molecule has 18 heavy (non-hydrogen) atoms. The lowest BCUT2D eigenvalue weighted by Gasteiger charge is -2.33. The molecule has 0 saturated carbocycles. The molecule has 0 aliphatic heterocycles. The Bertz CT molecular complexity index is 342. The minimum absolute atomic E-state index is 0.0306. The van der Waals surface area contributed by atoms with Gasteiger partial charge in [-0.05, 0) is 19.9 Å². The molecule has 1 atom stereocenters. The van der Waals surface area contributed by atoms with Crippen molar-refractivity contribution in [3.63, 3.8) is 0 Å². The third kappa shape index (κ3) is 4.97. The molecule has 0 aliphatic carbocycles. The average Bonchev–Trinajstić information content (AvgIpc) is 2.22. The lowest BCUT2D eigenvalue weighted by atomic mass is 10.0. The number of likely N-dealkylation sites (N-methyl/N-ethyl adjacent to an activating group) is 1. The molecule has 0 heterocycles. The molecule has 0 radical (unpaired) electrons. The molecule has 0 aromatic carbocycles. The number of carbonyl (C=O) groups is 2. The molecule has 0 aromatic heterocycles. The van der Waals surface area contributed by atoms with E-state index >= 15 is 0 Å². The van der Waals surface area contributed by atoms with E-state index in [4.69, 9.17) is 27.4 Å². The minimum Gasteiger partial charge on any atom is -0.480 e. The number of nitrogens with zero attached hydrogens (tertiary/aromatic N) is 2. The number of aliphatic imine (C=N–C) groups is 1. The van der Waals surface area contributed by atoms with Gasteiger partial charge in [0.1, 0.15) is 0 Å². The van der Waals surface area contributed by atoms with Crippen LogP contribution in [-0.4, -0.2) is 58.8 Å². The van der Waals surface area contributed by atoms with Crippen LogP contribution in [0.2, 0.25) is 0 Å². The summed E-state index contributed by atoms with van der Waals surface area (Å²) in [4.78, 5) is 26.4. The Kier molecular flexibility index (Phi) is 6.06. The first-order valence-corrected chi connectivity index (χ1v) is 5.21. The molecule has 9 nitrogen and oxygen atoms in total. The van der Waals surface area contributed by atoms with Crippen LogP contribution in [0.5, 0.6) is 0 Å². The van der Waals surface area contributed by atoms with Crippen molar-refractivity contribution in [1.82, 2.24) is 4.90 Å². The summed E-state index contributed by atoms with van der Waals surface area (Å²) in [7, 11) is 1.34. The Morgan fingerprint density at radius 1 is 1.33 bits per heavy atom. The number of nitrogens with two attached hydrogens (primary N) is 3. The number of carboxylic acid groups (broad SMARTS) is 2. The highest BCUT2D eigenvalue weighted by atomic mass is 16.4. The highest BCUT2D eigenvalue weighted by molar-refractivity contribution is 5.79. The third-order valence-electron chi connectivity index (χ3n) is 2.43. The number of carboxylic acids is 2. The Labute approximate surface area is 104 Å². The van der Waals surface area contributed by atoms with Crippen LogP contribution in [0.25, 0.3) is 0 Å². The van der Waals surface area contributed by atoms with Crippen LogP contribution in [0.15, 0.2) is 4.99 Å². The van der Waals surface area contributed by atoms with Crippen molar-refractivity contribution in [2.24, 2.45) is 22.2 Å². The normalized spacial score (nSPS) is 13.9. The molecule has 104 valence electrons. The molecule has 0 bridgehead atoms. The van der Waals surface area contributed by atoms with E-state index in [1.165, 1.54) is 7.05 Å². The van der Waals surface area contributed by atoms with Gasteiger partial charge in [-0.25, -0.2) is 4.79 Å². The molecule has 0 fully saturated rings. The monoisotopic (exact) mass is 261 g/mol. The van der Waals surface area contributed by atoms with Crippen LogP contribution in [0.1, 0.15) is 12.8 Å². The predicted molar refractivity (Wildman–Crippen MR) is 64.7 cm³/mol. The van der Waals surface area contributed by atoms with Gasteiger partial charge in [0, 0.05) is 6.54 Å². The van der Waals surface area contributed by atoms with E-state index in [0.717, 1.165) is 4.90 Å². The summed E-state index contributed by atoms with van der Waals surface area (Å²) in [5, 5.41) is 17.7. The maximum absolute atomic E-state index is 11.1. The Morgan fingerprint density at radius 3 is 2.28 bits per heavy atom. The molecule has 9 heteroatoms. The number of hydrogen-bond donors (Lipinski definition) is 5. The van der Waals surface area contributed by atoms with E-state index in [2.05, 4.69) is 4.99 Å². The standard InChI is InChI=1S/C9H19N5O4/c1-14(5-6(15)16)9(12,7(17)18)3-2-4-13-8(10)11/h2-5,12H2,1H3,(H,15,16)(H,17,18)(H4,10,11,13)/t9-/m1/s1. The molecule has 8 N–H and O–H groups in total. The third-order valence-corrected chi connectivity index (χ3v) is 2.43. The van der Waals surface area contributed by atoms with E-state index in [9.17, 15) is 9.59 Å². The fraction of sp³-hybridized carbons (Fsp3) is 0.667. The second kappa shape index (κ2) is 6.77. The molecular formula is C9H19N5O4. The van der Waals surface area contributed by atoms with Gasteiger partial charge in [-0.15, -0.1) is 0 Å². The number of aliphatic carboxylic acids is 2. The van der Waals surface area contributed by atoms with E-state index < -0.39 is 24.1 Å². The highest BCUT2D eigenvalue weighted by Gasteiger charge is 2.38. The van der Waals surface area contributed by atoms with Gasteiger partial charge in [0.2, 0.25) is 0 Å². The van der Waals surface area contributed by atoms with Gasteiger partial charge in [0.25, 0.3) is 0 Å². The van der Waals surface area contributed by atoms with Gasteiger partial charge in [0.15, 0.2) is 11.6 Å². The number of guanidine groups is 1. The van der Waals surface area contributed by atoms with E-state index in [1.807, 2.05) is 0 Å². The predicted octanol–water partition coefficient (Wildman–Crippen LogP) is -2.20. The van der Waals surface area contributed by atoms with E-state index in [0.29, 0.717) is 6.42 Å². The smallest absolute Gasteiger partial charge is 0.338 e. The summed E-state index contributed by atoms with van der Waals surface area (Å²) in [5.74, 6) is -2.54. The quantitative estimate of drug-likeness (QED) is 0.142. The molecule has 0 saturated heterocycles. The Balaban J connectivity index is 4.57. The van der Waals surface area contributed by atoms with Gasteiger partial charge < -0.3 is 27.4 Å². The molecule has 0 aliphatic rings. The summed E-state index contributed by atoms with van der Waals surface area (Å²) in [6.45, 7) is -0.236. The molecule has 0 unspecified atom stereocenters. The van der Waals surface area contributed by atoms with Crippen LogP contribution in [-0.2, 0) is 9.59 Å². The van der Waals surface area contributed by atoms with Gasteiger partial charge >= 0.3 is 11.9 Å². The van der Waals surface area contributed by atoms with Crippen molar-refractivity contribution in [3.8, 4) is 0 Å². The first-order chi connectivity index (χ1) is 8.20. The van der Waals surface area contributed by atoms with Crippen molar-refractivity contribution >= 4 is 17.9 Å². The van der Waals surface area contributed by atoms with Crippen molar-refractivity contribution in [2.75, 3.05) is 20.1 Å². The molecule has 0 aromatic rings.